The van der Waals surface area contributed by atoms with Crippen molar-refractivity contribution in [3.05, 3.63) is 192 Å². The van der Waals surface area contributed by atoms with Crippen LogP contribution in [0.2, 0.25) is 0 Å². The van der Waals surface area contributed by atoms with E-state index in [4.69, 9.17) is 46.4 Å². The summed E-state index contributed by atoms with van der Waals surface area (Å²) in [6.07, 6.45) is 8.86. The summed E-state index contributed by atoms with van der Waals surface area (Å²) in [5, 5.41) is 0. The van der Waals surface area contributed by atoms with Crippen molar-refractivity contribution in [3.8, 4) is 33.4 Å². The van der Waals surface area contributed by atoms with Crippen LogP contribution < -0.4 is 28.1 Å². The van der Waals surface area contributed by atoms with Gasteiger partial charge in [-0.3, -0.25) is 0 Å². The topological polar surface area (TPSA) is 0 Å². The molecule has 0 amide bonds. The second-order valence-electron chi connectivity index (χ2n) is 18.3. The summed E-state index contributed by atoms with van der Waals surface area (Å²) in [7, 11) is 0. The average molecular weight is 1020 g/mol. The molecule has 318 valence electrons. The minimum Gasteiger partial charge on any atom is -1.00 e. The molecular weight excluding hydrogens is 965 g/mol. The molecule has 0 N–H and O–H groups in total. The molecular formula is C55H52Cl6Zr. The Kier molecular flexibility index (Phi) is 15.9. The largest absolute Gasteiger partial charge is 1.00 e. The Morgan fingerprint density at radius 2 is 1.03 bits per heavy atom. The van der Waals surface area contributed by atoms with Gasteiger partial charge in [-0.25, -0.2) is 0 Å². The molecule has 0 aromatic heterocycles. The van der Waals surface area contributed by atoms with Gasteiger partial charge in [0.15, 0.2) is 0 Å². The van der Waals surface area contributed by atoms with E-state index < -0.39 is 21.3 Å². The predicted octanol–water partition coefficient (Wildman–Crippen LogP) is 9.51. The van der Waals surface area contributed by atoms with Gasteiger partial charge < -0.3 is 24.8 Å². The zero-order valence-electron chi connectivity index (χ0n) is 36.2. The first-order valence-electron chi connectivity index (χ1n) is 20.9. The van der Waals surface area contributed by atoms with Crippen molar-refractivity contribution in [2.75, 3.05) is 0 Å². The number of rotatable bonds is 10. The van der Waals surface area contributed by atoms with Crippen molar-refractivity contribution in [1.82, 2.24) is 0 Å². The number of halogens is 6. The maximum atomic E-state index is 6.71. The zero-order chi connectivity index (χ0) is 42.3. The van der Waals surface area contributed by atoms with Crippen LogP contribution in [0.15, 0.2) is 137 Å². The second-order valence-corrected chi connectivity index (χ2v) is 25.3. The molecule has 0 heterocycles. The van der Waals surface area contributed by atoms with Crippen LogP contribution in [0, 0.1) is 0 Å². The molecule has 0 unspecified atom stereocenters. The number of allylic oxidation sites excluding steroid dienone is 4. The summed E-state index contributed by atoms with van der Waals surface area (Å²) in [5.74, 6) is 1.62. The number of hydrogen-bond donors (Lipinski definition) is 0. The van der Waals surface area contributed by atoms with Crippen LogP contribution >= 0.6 is 46.4 Å². The minimum absolute atomic E-state index is 0. The summed E-state index contributed by atoms with van der Waals surface area (Å²) in [4.78, 5) is 0. The Morgan fingerprint density at radius 3 is 1.48 bits per heavy atom. The van der Waals surface area contributed by atoms with Gasteiger partial charge in [-0.1, -0.05) is 0 Å². The SMILES string of the molecule is CC(C)(C)c1cc2c(cc1-c1ccccc1)Cc1c-2cc(C(C)(C)C)c(-c2ccccc2)[c]1[Zr+2]([C]1=CC=CC1)=[C](c1cc(CCl)cc(CCl)c1)c1cc(CCl)cc(CCl)c1.[Cl-].[Cl-]. The second kappa shape index (κ2) is 20.2. The van der Waals surface area contributed by atoms with Gasteiger partial charge in [0.25, 0.3) is 0 Å². The molecule has 0 saturated heterocycles. The first kappa shape index (κ1) is 48.7. The van der Waals surface area contributed by atoms with Crippen LogP contribution in [0.5, 0.6) is 0 Å². The van der Waals surface area contributed by atoms with E-state index in [1.807, 2.05) is 0 Å². The number of alkyl halides is 4. The fourth-order valence-corrected chi connectivity index (χ4v) is 18.3. The quantitative estimate of drug-likeness (QED) is 0.120. The van der Waals surface area contributed by atoms with Crippen molar-refractivity contribution in [3.63, 3.8) is 0 Å². The third kappa shape index (κ3) is 9.77. The van der Waals surface area contributed by atoms with Gasteiger partial charge in [0.1, 0.15) is 0 Å². The maximum absolute atomic E-state index is 6.71. The molecule has 8 rings (SSSR count). The van der Waals surface area contributed by atoms with Crippen molar-refractivity contribution >= 4 is 52.9 Å². The summed E-state index contributed by atoms with van der Waals surface area (Å²) in [6, 6.07) is 43.4. The Bertz CT molecular complexity index is 2590. The minimum atomic E-state index is -3.34. The van der Waals surface area contributed by atoms with Crippen LogP contribution in [0.4, 0.5) is 0 Å². The van der Waals surface area contributed by atoms with E-state index in [0.29, 0.717) is 23.5 Å². The van der Waals surface area contributed by atoms with Crippen molar-refractivity contribution in [2.24, 2.45) is 0 Å². The molecule has 0 atom stereocenters. The molecule has 0 aliphatic heterocycles. The van der Waals surface area contributed by atoms with Crippen molar-refractivity contribution in [2.45, 2.75) is 88.7 Å². The Balaban J connectivity index is 0.00000321. The molecule has 0 nitrogen and oxygen atoms in total. The molecule has 6 aromatic rings. The van der Waals surface area contributed by atoms with Gasteiger partial charge >= 0.3 is 389 Å². The number of hydrogen-bond acceptors (Lipinski definition) is 0. The molecule has 7 heteroatoms. The first-order chi connectivity index (χ1) is 28.8. The van der Waals surface area contributed by atoms with Gasteiger partial charge in [-0.15, -0.1) is 0 Å². The van der Waals surface area contributed by atoms with Crippen LogP contribution in [0.1, 0.15) is 104 Å². The van der Waals surface area contributed by atoms with Gasteiger partial charge in [0.05, 0.1) is 0 Å². The fourth-order valence-electron chi connectivity index (χ4n) is 9.29. The van der Waals surface area contributed by atoms with E-state index in [1.165, 1.54) is 70.0 Å². The van der Waals surface area contributed by atoms with Gasteiger partial charge in [0, 0.05) is 0 Å². The molecule has 0 spiro atoms. The number of benzene rings is 6. The van der Waals surface area contributed by atoms with E-state index in [0.717, 1.165) is 35.1 Å². The Labute approximate surface area is 409 Å². The van der Waals surface area contributed by atoms with E-state index in [1.54, 1.807) is 6.55 Å². The Morgan fingerprint density at radius 1 is 0.548 bits per heavy atom. The summed E-state index contributed by atoms with van der Waals surface area (Å²) in [6.45, 7) is 14.2. The van der Waals surface area contributed by atoms with Gasteiger partial charge in [-0.05, 0) is 0 Å². The summed E-state index contributed by atoms with van der Waals surface area (Å²) >= 11 is 23.5. The third-order valence-corrected chi connectivity index (χ3v) is 20.9. The molecule has 6 aromatic carbocycles. The van der Waals surface area contributed by atoms with Gasteiger partial charge in [0.2, 0.25) is 0 Å². The molecule has 0 bridgehead atoms. The van der Waals surface area contributed by atoms with E-state index in [2.05, 4.69) is 175 Å². The Hall–Kier alpha value is -2.71. The van der Waals surface area contributed by atoms with Crippen LogP contribution in [-0.4, -0.2) is 3.21 Å². The molecule has 0 saturated carbocycles. The molecule has 2 aliphatic carbocycles. The fraction of sp³-hybridized carbons (Fsp3) is 0.255. The van der Waals surface area contributed by atoms with Crippen molar-refractivity contribution < 1.29 is 46.1 Å². The maximum Gasteiger partial charge on any atom is -1.00 e. The molecule has 0 radical (unpaired) electrons. The molecule has 62 heavy (non-hydrogen) atoms. The van der Waals surface area contributed by atoms with Crippen molar-refractivity contribution in [1.29, 1.82) is 0 Å². The average Bonchev–Trinajstić information content (AvgIpc) is 3.92. The predicted molar refractivity (Wildman–Crippen MR) is 259 cm³/mol. The monoisotopic (exact) mass is 1010 g/mol. The van der Waals surface area contributed by atoms with E-state index in [-0.39, 0.29) is 35.6 Å². The first-order valence-corrected chi connectivity index (χ1v) is 26.8. The van der Waals surface area contributed by atoms with E-state index in [9.17, 15) is 0 Å². The standard InChI is InChI=1S/C33H33.C17H14Cl4.C5H5.2ClH.Zr/c1-32(2,3)30-20-26-24(18-28(30)22-13-9-7-10-14-22)17-25-19-29(23-15-11-8-12-16-23)31(21-27(25)26)33(4,5)6;18-8-14-2-12(3-15(6-14)9-19)1-13-4-16(10-20)7-17(5-13)11-21;1-2-4-5-3-1;;;/h7-16,18,20-21H,17H2,1-6H3;2-7H,8-11H2;1-3H,4H2;2*1H;/q;;;;;+2/p-2. The molecule has 2 aliphatic rings. The van der Waals surface area contributed by atoms with Crippen LogP contribution in [0.3, 0.4) is 0 Å². The van der Waals surface area contributed by atoms with Crippen LogP contribution in [-0.2, 0) is 62.0 Å². The normalized spacial score (nSPS) is 12.8. The zero-order valence-corrected chi connectivity index (χ0v) is 43.2. The number of fused-ring (bicyclic) bond motifs is 3. The third-order valence-electron chi connectivity index (χ3n) is 12.0. The molecule has 0 fully saturated rings. The summed E-state index contributed by atoms with van der Waals surface area (Å²) in [5.41, 5.74) is 20.1. The van der Waals surface area contributed by atoms with Crippen LogP contribution in [0.25, 0.3) is 33.4 Å². The smallest absolute Gasteiger partial charge is 1.00 e. The van der Waals surface area contributed by atoms with Gasteiger partial charge in [-0.2, -0.15) is 0 Å². The summed E-state index contributed by atoms with van der Waals surface area (Å²) < 4.78 is 4.51. The van der Waals surface area contributed by atoms with E-state index >= 15 is 0 Å².